The van der Waals surface area contributed by atoms with Gasteiger partial charge < -0.3 is 5.32 Å². The predicted molar refractivity (Wildman–Crippen MR) is 69.5 cm³/mol. The van der Waals surface area contributed by atoms with E-state index >= 15 is 0 Å². The van der Waals surface area contributed by atoms with Crippen molar-refractivity contribution in [3.8, 4) is 0 Å². The molecule has 3 heteroatoms. The van der Waals surface area contributed by atoms with Gasteiger partial charge in [0.05, 0.1) is 0 Å². The normalized spacial score (nSPS) is 40.3. The highest BCUT2D eigenvalue weighted by Gasteiger charge is 2.66. The van der Waals surface area contributed by atoms with Crippen LogP contribution in [0.4, 0.5) is 8.78 Å². The molecule has 102 valence electrons. The molecule has 3 saturated carbocycles. The Morgan fingerprint density at radius 3 is 2.37 bits per heavy atom. The molecule has 4 rings (SSSR count). The molecule has 0 amide bonds. The van der Waals surface area contributed by atoms with Crippen LogP contribution >= 0.6 is 0 Å². The van der Waals surface area contributed by atoms with E-state index in [4.69, 9.17) is 0 Å². The molecule has 5 unspecified atom stereocenters. The number of fused-ring (bicyclic) bond motifs is 5. The molecule has 0 aromatic heterocycles. The van der Waals surface area contributed by atoms with Gasteiger partial charge in [0.1, 0.15) is 0 Å². The maximum Gasteiger partial charge on any atom is 0.159 e. The summed E-state index contributed by atoms with van der Waals surface area (Å²) in [5.74, 6) is 2.64. The lowest BCUT2D eigenvalue weighted by molar-refractivity contribution is 0.383. The molecule has 3 aliphatic rings. The van der Waals surface area contributed by atoms with Gasteiger partial charge in [-0.05, 0) is 73.6 Å². The summed E-state index contributed by atoms with van der Waals surface area (Å²) in [6, 6.07) is 4.54. The van der Waals surface area contributed by atoms with Crippen LogP contribution in [0.25, 0.3) is 0 Å². The molecule has 19 heavy (non-hydrogen) atoms. The zero-order valence-electron chi connectivity index (χ0n) is 11.1. The van der Waals surface area contributed by atoms with Crippen LogP contribution in [0.5, 0.6) is 0 Å². The quantitative estimate of drug-likeness (QED) is 0.880. The van der Waals surface area contributed by atoms with Crippen molar-refractivity contribution in [3.05, 3.63) is 35.4 Å². The molecule has 0 aliphatic heterocycles. The van der Waals surface area contributed by atoms with E-state index in [1.54, 1.807) is 6.07 Å². The molecule has 1 aromatic carbocycles. The Kier molecular flexibility index (Phi) is 2.50. The van der Waals surface area contributed by atoms with Crippen LogP contribution < -0.4 is 5.32 Å². The zero-order chi connectivity index (χ0) is 13.1. The largest absolute Gasteiger partial charge is 0.313 e. The molecule has 0 radical (unpaired) electrons. The van der Waals surface area contributed by atoms with Crippen molar-refractivity contribution in [1.82, 2.24) is 5.32 Å². The summed E-state index contributed by atoms with van der Waals surface area (Å²) in [5, 5.41) is 3.34. The first-order valence-corrected chi connectivity index (χ1v) is 7.33. The second-order valence-corrected chi connectivity index (χ2v) is 6.51. The van der Waals surface area contributed by atoms with Crippen molar-refractivity contribution in [1.29, 1.82) is 0 Å². The number of nitrogens with one attached hydrogen (secondary N) is 1. The second kappa shape index (κ2) is 4.02. The highest BCUT2D eigenvalue weighted by atomic mass is 19.2. The first-order chi connectivity index (χ1) is 9.20. The highest BCUT2D eigenvalue weighted by Crippen LogP contribution is 2.72. The molecule has 1 nitrogen and oxygen atoms in total. The van der Waals surface area contributed by atoms with Crippen LogP contribution in [0.15, 0.2) is 18.2 Å². The summed E-state index contributed by atoms with van der Waals surface area (Å²) in [5.41, 5.74) is 0.903. The monoisotopic (exact) mass is 263 g/mol. The Balaban J connectivity index is 1.61. The van der Waals surface area contributed by atoms with E-state index in [1.807, 2.05) is 7.05 Å². The van der Waals surface area contributed by atoms with Crippen LogP contribution in [0, 0.1) is 41.2 Å². The van der Waals surface area contributed by atoms with Crippen LogP contribution in [0.3, 0.4) is 0 Å². The van der Waals surface area contributed by atoms with Gasteiger partial charge in [-0.3, -0.25) is 0 Å². The van der Waals surface area contributed by atoms with Crippen LogP contribution in [0.1, 0.15) is 30.9 Å². The zero-order valence-corrected chi connectivity index (χ0v) is 11.1. The molecule has 3 fully saturated rings. The van der Waals surface area contributed by atoms with Gasteiger partial charge in [0.15, 0.2) is 11.6 Å². The van der Waals surface area contributed by atoms with E-state index in [0.29, 0.717) is 5.92 Å². The summed E-state index contributed by atoms with van der Waals surface area (Å²) < 4.78 is 26.5. The van der Waals surface area contributed by atoms with E-state index in [-0.39, 0.29) is 6.04 Å². The van der Waals surface area contributed by atoms with Crippen LogP contribution in [-0.4, -0.2) is 7.05 Å². The average Bonchev–Trinajstić information content (AvgIpc) is 2.82. The Labute approximate surface area is 112 Å². The van der Waals surface area contributed by atoms with E-state index < -0.39 is 11.6 Å². The van der Waals surface area contributed by atoms with E-state index in [2.05, 4.69) is 5.32 Å². The highest BCUT2D eigenvalue weighted by molar-refractivity contribution is 5.27. The maximum absolute atomic E-state index is 13.4. The average molecular weight is 263 g/mol. The lowest BCUT2D eigenvalue weighted by Crippen LogP contribution is -2.22. The minimum absolute atomic E-state index is 0.188. The molecule has 5 atom stereocenters. The van der Waals surface area contributed by atoms with Crippen molar-refractivity contribution in [2.45, 2.75) is 25.3 Å². The third kappa shape index (κ3) is 1.60. The van der Waals surface area contributed by atoms with Crippen LogP contribution in [-0.2, 0) is 0 Å². The lowest BCUT2D eigenvalue weighted by Gasteiger charge is -2.20. The van der Waals surface area contributed by atoms with E-state index in [0.717, 1.165) is 29.2 Å². The summed E-state index contributed by atoms with van der Waals surface area (Å²) >= 11 is 0. The van der Waals surface area contributed by atoms with E-state index in [9.17, 15) is 8.78 Å². The topological polar surface area (TPSA) is 12.0 Å². The van der Waals surface area contributed by atoms with Gasteiger partial charge in [-0.15, -0.1) is 0 Å². The van der Waals surface area contributed by atoms with Crippen LogP contribution in [0.2, 0.25) is 0 Å². The maximum atomic E-state index is 13.4. The molecular weight excluding hydrogens is 244 g/mol. The van der Waals surface area contributed by atoms with Gasteiger partial charge >= 0.3 is 0 Å². The Bertz CT molecular complexity index is 499. The Morgan fingerprint density at radius 1 is 1.11 bits per heavy atom. The van der Waals surface area contributed by atoms with Gasteiger partial charge in [-0.2, -0.15) is 0 Å². The van der Waals surface area contributed by atoms with Crippen molar-refractivity contribution in [2.24, 2.45) is 29.6 Å². The summed E-state index contributed by atoms with van der Waals surface area (Å²) in [6.45, 7) is 0. The van der Waals surface area contributed by atoms with Crippen molar-refractivity contribution < 1.29 is 8.78 Å². The predicted octanol–water partition coefficient (Wildman–Crippen LogP) is 3.52. The third-order valence-electron chi connectivity index (χ3n) is 5.79. The second-order valence-electron chi connectivity index (χ2n) is 6.51. The molecule has 3 aliphatic carbocycles. The fourth-order valence-corrected chi connectivity index (χ4v) is 5.13. The SMILES string of the molecule is CNC(c1ccc(F)c(F)c1)C1C2C3CCC(C3)C21. The molecule has 0 heterocycles. The molecular formula is C16H19F2N. The van der Waals surface area contributed by atoms with Gasteiger partial charge in [0, 0.05) is 6.04 Å². The smallest absolute Gasteiger partial charge is 0.159 e. The van der Waals surface area contributed by atoms with Gasteiger partial charge in [-0.1, -0.05) is 6.07 Å². The van der Waals surface area contributed by atoms with Crippen molar-refractivity contribution in [3.63, 3.8) is 0 Å². The molecule has 1 N–H and O–H groups in total. The van der Waals surface area contributed by atoms with E-state index in [1.165, 1.54) is 31.4 Å². The molecule has 1 aromatic rings. The minimum atomic E-state index is -0.755. The summed E-state index contributed by atoms with van der Waals surface area (Å²) in [6.07, 6.45) is 4.19. The van der Waals surface area contributed by atoms with Gasteiger partial charge in [0.25, 0.3) is 0 Å². The first kappa shape index (κ1) is 11.8. The van der Waals surface area contributed by atoms with Crippen molar-refractivity contribution in [2.75, 3.05) is 7.05 Å². The summed E-state index contributed by atoms with van der Waals surface area (Å²) in [7, 11) is 1.93. The number of hydrogen-bond donors (Lipinski definition) is 1. The standard InChI is InChI=1S/C16H19F2N/c1-19-16(10-4-5-11(17)12(18)7-10)15-13-8-2-3-9(6-8)14(13)15/h4-5,7-9,13-16,19H,2-3,6H2,1H3. The van der Waals surface area contributed by atoms with Crippen molar-refractivity contribution >= 4 is 0 Å². The Morgan fingerprint density at radius 2 is 1.79 bits per heavy atom. The number of rotatable bonds is 3. The minimum Gasteiger partial charge on any atom is -0.313 e. The fourth-order valence-electron chi connectivity index (χ4n) is 5.13. The first-order valence-electron chi connectivity index (χ1n) is 7.33. The molecule has 2 bridgehead atoms. The number of halogens is 2. The molecule has 0 saturated heterocycles. The fraction of sp³-hybridized carbons (Fsp3) is 0.625. The Hall–Kier alpha value is -0.960. The number of benzene rings is 1. The summed E-state index contributed by atoms with van der Waals surface area (Å²) in [4.78, 5) is 0. The van der Waals surface area contributed by atoms with Gasteiger partial charge in [0.2, 0.25) is 0 Å². The molecule has 0 spiro atoms. The lowest BCUT2D eigenvalue weighted by atomic mass is 9.93. The third-order valence-corrected chi connectivity index (χ3v) is 5.79. The van der Waals surface area contributed by atoms with Gasteiger partial charge in [-0.25, -0.2) is 8.78 Å². The number of hydrogen-bond acceptors (Lipinski definition) is 1.